The second-order valence-corrected chi connectivity index (χ2v) is 5.97. The lowest BCUT2D eigenvalue weighted by atomic mass is 10.1. The van der Waals surface area contributed by atoms with Gasteiger partial charge in [0.05, 0.1) is 22.4 Å². The maximum absolute atomic E-state index is 11.9. The number of carbonyl (C=O) groups excluding carboxylic acids is 1. The highest BCUT2D eigenvalue weighted by atomic mass is 32.1. The second kappa shape index (κ2) is 6.02. The van der Waals surface area contributed by atoms with Crippen LogP contribution in [-0.4, -0.2) is 17.6 Å². The molecule has 0 amide bonds. The summed E-state index contributed by atoms with van der Waals surface area (Å²) in [7, 11) is 0. The average Bonchev–Trinajstić information content (AvgIpc) is 2.73. The van der Waals surface area contributed by atoms with E-state index < -0.39 is 0 Å². The first kappa shape index (κ1) is 13.8. The number of nitrogen functional groups attached to an aromatic ring is 1. The summed E-state index contributed by atoms with van der Waals surface area (Å²) in [6.45, 7) is 4.79. The molecular weight excluding hydrogens is 260 g/mol. The number of hydrogen-bond acceptors (Lipinski definition) is 5. The van der Waals surface area contributed by atoms with Crippen molar-refractivity contribution in [1.82, 2.24) is 4.98 Å². The smallest absolute Gasteiger partial charge is 0.338 e. The number of nitrogens with zero attached hydrogens (tertiary/aromatic N) is 1. The predicted molar refractivity (Wildman–Crippen MR) is 78.4 cm³/mol. The van der Waals surface area contributed by atoms with E-state index in [2.05, 4.69) is 18.8 Å². The van der Waals surface area contributed by atoms with Gasteiger partial charge in [-0.25, -0.2) is 9.78 Å². The fourth-order valence-electron chi connectivity index (χ4n) is 1.81. The lowest BCUT2D eigenvalue weighted by Gasteiger charge is -2.06. The summed E-state index contributed by atoms with van der Waals surface area (Å²) in [5.41, 5.74) is 7.01. The molecule has 1 aromatic heterocycles. The van der Waals surface area contributed by atoms with Crippen LogP contribution in [0.1, 0.15) is 37.0 Å². The highest BCUT2D eigenvalue weighted by molar-refractivity contribution is 7.22. The van der Waals surface area contributed by atoms with Crippen LogP contribution in [0.4, 0.5) is 5.13 Å². The van der Waals surface area contributed by atoms with E-state index in [4.69, 9.17) is 10.5 Å². The third kappa shape index (κ3) is 3.67. The summed E-state index contributed by atoms with van der Waals surface area (Å²) < 4.78 is 6.16. The molecule has 19 heavy (non-hydrogen) atoms. The summed E-state index contributed by atoms with van der Waals surface area (Å²) in [4.78, 5) is 16.0. The molecule has 0 aliphatic rings. The first-order valence-corrected chi connectivity index (χ1v) is 7.21. The van der Waals surface area contributed by atoms with E-state index in [-0.39, 0.29) is 5.97 Å². The predicted octanol–water partition coefficient (Wildman–Crippen LogP) is 3.47. The lowest BCUT2D eigenvalue weighted by molar-refractivity contribution is 0.0495. The number of ether oxygens (including phenoxy) is 1. The molecule has 2 rings (SSSR count). The first-order chi connectivity index (χ1) is 9.06. The molecule has 0 fully saturated rings. The Balaban J connectivity index is 1.97. The van der Waals surface area contributed by atoms with Crippen molar-refractivity contribution in [2.24, 2.45) is 5.92 Å². The molecule has 0 radical (unpaired) electrons. The molecule has 1 heterocycles. The molecule has 0 bridgehead atoms. The molecule has 0 saturated heterocycles. The number of aromatic nitrogens is 1. The number of esters is 1. The Kier molecular flexibility index (Phi) is 4.37. The van der Waals surface area contributed by atoms with Crippen molar-refractivity contribution >= 4 is 32.7 Å². The first-order valence-electron chi connectivity index (χ1n) is 6.39. The van der Waals surface area contributed by atoms with E-state index in [9.17, 15) is 4.79 Å². The molecule has 2 aromatic rings. The van der Waals surface area contributed by atoms with Gasteiger partial charge in [-0.05, 0) is 37.0 Å². The van der Waals surface area contributed by atoms with Gasteiger partial charge >= 0.3 is 5.97 Å². The molecule has 0 atom stereocenters. The minimum Gasteiger partial charge on any atom is -0.462 e. The maximum Gasteiger partial charge on any atom is 0.338 e. The molecule has 5 heteroatoms. The lowest BCUT2D eigenvalue weighted by Crippen LogP contribution is -2.06. The van der Waals surface area contributed by atoms with Crippen LogP contribution in [-0.2, 0) is 4.74 Å². The van der Waals surface area contributed by atoms with E-state index in [1.807, 2.05) is 0 Å². The van der Waals surface area contributed by atoms with Crippen molar-refractivity contribution in [3.8, 4) is 0 Å². The van der Waals surface area contributed by atoms with Gasteiger partial charge in [-0.1, -0.05) is 25.2 Å². The molecular formula is C14H18N2O2S. The fourth-order valence-corrected chi connectivity index (χ4v) is 2.58. The van der Waals surface area contributed by atoms with Gasteiger partial charge in [-0.3, -0.25) is 0 Å². The normalized spacial score (nSPS) is 11.1. The van der Waals surface area contributed by atoms with Crippen LogP contribution in [0, 0.1) is 5.92 Å². The minimum absolute atomic E-state index is 0.280. The zero-order valence-corrected chi connectivity index (χ0v) is 12.0. The van der Waals surface area contributed by atoms with Crippen molar-refractivity contribution in [2.45, 2.75) is 26.7 Å². The number of hydrogen-bond donors (Lipinski definition) is 1. The van der Waals surface area contributed by atoms with Crippen LogP contribution in [0.25, 0.3) is 10.2 Å². The fraction of sp³-hybridized carbons (Fsp3) is 0.429. The number of nitrogens with two attached hydrogens (primary N) is 1. The Hall–Kier alpha value is -1.62. The highest BCUT2D eigenvalue weighted by Gasteiger charge is 2.10. The van der Waals surface area contributed by atoms with Gasteiger partial charge in [0.2, 0.25) is 0 Å². The number of thiazole rings is 1. The van der Waals surface area contributed by atoms with Crippen LogP contribution in [0.5, 0.6) is 0 Å². The van der Waals surface area contributed by atoms with Gasteiger partial charge < -0.3 is 10.5 Å². The van der Waals surface area contributed by atoms with Crippen LogP contribution in [0.15, 0.2) is 18.2 Å². The van der Waals surface area contributed by atoms with E-state index >= 15 is 0 Å². The molecule has 0 spiro atoms. The molecule has 0 aliphatic heterocycles. The van der Waals surface area contributed by atoms with E-state index in [1.165, 1.54) is 11.3 Å². The van der Waals surface area contributed by atoms with Crippen LogP contribution >= 0.6 is 11.3 Å². The van der Waals surface area contributed by atoms with E-state index in [0.717, 1.165) is 23.1 Å². The summed E-state index contributed by atoms with van der Waals surface area (Å²) >= 11 is 1.37. The van der Waals surface area contributed by atoms with Gasteiger partial charge in [-0.2, -0.15) is 0 Å². The zero-order valence-electron chi connectivity index (χ0n) is 11.2. The summed E-state index contributed by atoms with van der Waals surface area (Å²) in [5, 5.41) is 0.512. The molecule has 4 nitrogen and oxygen atoms in total. The second-order valence-electron chi connectivity index (χ2n) is 4.91. The van der Waals surface area contributed by atoms with Gasteiger partial charge in [0.15, 0.2) is 5.13 Å². The van der Waals surface area contributed by atoms with E-state index in [1.54, 1.807) is 18.2 Å². The van der Waals surface area contributed by atoms with Gasteiger partial charge in [0.1, 0.15) is 0 Å². The molecule has 102 valence electrons. The van der Waals surface area contributed by atoms with Gasteiger partial charge in [0.25, 0.3) is 0 Å². The zero-order chi connectivity index (χ0) is 13.8. The van der Waals surface area contributed by atoms with Crippen LogP contribution in [0.3, 0.4) is 0 Å². The Morgan fingerprint density at radius 1 is 1.47 bits per heavy atom. The van der Waals surface area contributed by atoms with Crippen LogP contribution < -0.4 is 5.73 Å². The number of benzene rings is 1. The van der Waals surface area contributed by atoms with Crippen LogP contribution in [0.2, 0.25) is 0 Å². The quantitative estimate of drug-likeness (QED) is 0.672. The topological polar surface area (TPSA) is 65.2 Å². The molecule has 1 aromatic carbocycles. The molecule has 0 unspecified atom stereocenters. The largest absolute Gasteiger partial charge is 0.462 e. The third-order valence-electron chi connectivity index (χ3n) is 2.80. The monoisotopic (exact) mass is 278 g/mol. The van der Waals surface area contributed by atoms with Gasteiger partial charge in [0, 0.05) is 0 Å². The number of carbonyl (C=O) groups is 1. The summed E-state index contributed by atoms with van der Waals surface area (Å²) in [6.07, 6.45) is 1.97. The highest BCUT2D eigenvalue weighted by Crippen LogP contribution is 2.24. The number of rotatable bonds is 5. The van der Waals surface area contributed by atoms with Crippen molar-refractivity contribution in [3.05, 3.63) is 23.8 Å². The minimum atomic E-state index is -0.280. The van der Waals surface area contributed by atoms with Crippen molar-refractivity contribution < 1.29 is 9.53 Å². The maximum atomic E-state index is 11.9. The molecule has 0 saturated carbocycles. The molecule has 0 aliphatic carbocycles. The average molecular weight is 278 g/mol. The molecule has 2 N–H and O–H groups in total. The Morgan fingerprint density at radius 2 is 2.26 bits per heavy atom. The standard InChI is InChI=1S/C14H18N2O2S/c1-9(2)4-3-7-18-13(17)10-5-6-11-12(8-10)19-14(15)16-11/h5-6,8-9H,3-4,7H2,1-2H3,(H2,15,16). The Labute approximate surface area is 116 Å². The summed E-state index contributed by atoms with van der Waals surface area (Å²) in [6, 6.07) is 5.31. The van der Waals surface area contributed by atoms with Crippen molar-refractivity contribution in [1.29, 1.82) is 0 Å². The Bertz CT molecular complexity index is 578. The Morgan fingerprint density at radius 3 is 3.00 bits per heavy atom. The van der Waals surface area contributed by atoms with E-state index in [0.29, 0.717) is 23.2 Å². The summed E-state index contributed by atoms with van der Waals surface area (Å²) in [5.74, 6) is 0.354. The van der Waals surface area contributed by atoms with Crippen molar-refractivity contribution in [3.63, 3.8) is 0 Å². The number of anilines is 1. The van der Waals surface area contributed by atoms with Crippen molar-refractivity contribution in [2.75, 3.05) is 12.3 Å². The third-order valence-corrected chi connectivity index (χ3v) is 3.65. The van der Waals surface area contributed by atoms with Gasteiger partial charge in [-0.15, -0.1) is 0 Å². The number of fused-ring (bicyclic) bond motifs is 1. The SMILES string of the molecule is CC(C)CCCOC(=O)c1ccc2nc(N)sc2c1.